The SMILES string of the molecule is Cc1ccncc1N1C(=O)CCN(CCC(=N)N)C1=O. The third-order valence-electron chi connectivity index (χ3n) is 3.21. The van der Waals surface area contributed by atoms with Gasteiger partial charge < -0.3 is 10.6 Å². The van der Waals surface area contributed by atoms with Crippen molar-refractivity contribution in [3.63, 3.8) is 0 Å². The third-order valence-corrected chi connectivity index (χ3v) is 3.21. The van der Waals surface area contributed by atoms with Crippen molar-refractivity contribution in [1.29, 1.82) is 5.41 Å². The zero-order valence-electron chi connectivity index (χ0n) is 11.3. The zero-order chi connectivity index (χ0) is 14.7. The minimum absolute atomic E-state index is 0.0267. The first-order valence-electron chi connectivity index (χ1n) is 6.36. The van der Waals surface area contributed by atoms with Crippen LogP contribution in [0.3, 0.4) is 0 Å². The Kier molecular flexibility index (Phi) is 3.97. The number of nitrogens with two attached hydrogens (primary N) is 1. The fourth-order valence-electron chi connectivity index (χ4n) is 2.08. The first kappa shape index (κ1) is 14.0. The summed E-state index contributed by atoms with van der Waals surface area (Å²) in [6, 6.07) is 1.38. The summed E-state index contributed by atoms with van der Waals surface area (Å²) in [5.41, 5.74) is 6.63. The van der Waals surface area contributed by atoms with Gasteiger partial charge in [0.2, 0.25) is 5.91 Å². The molecule has 0 aliphatic carbocycles. The largest absolute Gasteiger partial charge is 0.388 e. The van der Waals surface area contributed by atoms with Crippen LogP contribution in [0.2, 0.25) is 0 Å². The average Bonchev–Trinajstić information content (AvgIpc) is 2.40. The van der Waals surface area contributed by atoms with E-state index in [1.165, 1.54) is 11.1 Å². The number of urea groups is 1. The van der Waals surface area contributed by atoms with Gasteiger partial charge in [-0.1, -0.05) is 0 Å². The lowest BCUT2D eigenvalue weighted by molar-refractivity contribution is -0.119. The second kappa shape index (κ2) is 5.68. The maximum absolute atomic E-state index is 12.4. The maximum atomic E-state index is 12.4. The van der Waals surface area contributed by atoms with Crippen molar-refractivity contribution in [2.75, 3.05) is 18.0 Å². The number of hydrogen-bond acceptors (Lipinski definition) is 4. The summed E-state index contributed by atoms with van der Waals surface area (Å²) in [7, 11) is 0. The van der Waals surface area contributed by atoms with E-state index in [0.717, 1.165) is 10.5 Å². The number of nitrogens with one attached hydrogen (secondary N) is 1. The van der Waals surface area contributed by atoms with Gasteiger partial charge in [-0.25, -0.2) is 9.69 Å². The molecule has 0 spiro atoms. The lowest BCUT2D eigenvalue weighted by Crippen LogP contribution is -2.53. The van der Waals surface area contributed by atoms with Gasteiger partial charge in [0, 0.05) is 32.1 Å². The quantitative estimate of drug-likeness (QED) is 0.628. The van der Waals surface area contributed by atoms with Crippen molar-refractivity contribution in [2.24, 2.45) is 5.73 Å². The van der Waals surface area contributed by atoms with E-state index in [2.05, 4.69) is 4.98 Å². The summed E-state index contributed by atoms with van der Waals surface area (Å²) < 4.78 is 0. The summed E-state index contributed by atoms with van der Waals surface area (Å²) in [5.74, 6) is -0.205. The molecule has 0 atom stereocenters. The minimum Gasteiger partial charge on any atom is -0.388 e. The topological polar surface area (TPSA) is 103 Å². The molecule has 2 rings (SSSR count). The van der Waals surface area contributed by atoms with Crippen molar-refractivity contribution < 1.29 is 9.59 Å². The normalized spacial score (nSPS) is 15.7. The Hall–Kier alpha value is -2.44. The van der Waals surface area contributed by atoms with Crippen LogP contribution in [0, 0.1) is 12.3 Å². The van der Waals surface area contributed by atoms with Crippen LogP contribution >= 0.6 is 0 Å². The molecule has 7 nitrogen and oxygen atoms in total. The number of amides is 3. The molecule has 0 unspecified atom stereocenters. The van der Waals surface area contributed by atoms with E-state index >= 15 is 0 Å². The molecular weight excluding hydrogens is 258 g/mol. The molecular formula is C13H17N5O2. The third kappa shape index (κ3) is 2.76. The molecule has 0 aromatic carbocycles. The van der Waals surface area contributed by atoms with Crippen LogP contribution < -0.4 is 10.6 Å². The van der Waals surface area contributed by atoms with Crippen molar-refractivity contribution in [3.05, 3.63) is 24.0 Å². The average molecular weight is 275 g/mol. The molecule has 3 N–H and O–H groups in total. The second-order valence-corrected chi connectivity index (χ2v) is 4.69. The lowest BCUT2D eigenvalue weighted by atomic mass is 10.2. The summed E-state index contributed by atoms with van der Waals surface area (Å²) >= 11 is 0. The Balaban J connectivity index is 2.22. The van der Waals surface area contributed by atoms with Gasteiger partial charge in [0.15, 0.2) is 0 Å². The number of hydrogen-bond donors (Lipinski definition) is 2. The number of anilines is 1. The highest BCUT2D eigenvalue weighted by Crippen LogP contribution is 2.23. The van der Waals surface area contributed by atoms with E-state index in [1.54, 1.807) is 12.3 Å². The number of pyridine rings is 1. The number of amidine groups is 1. The highest BCUT2D eigenvalue weighted by molar-refractivity contribution is 6.16. The van der Waals surface area contributed by atoms with Crippen LogP contribution in [0.4, 0.5) is 10.5 Å². The van der Waals surface area contributed by atoms with E-state index in [9.17, 15) is 9.59 Å². The molecule has 3 amide bonds. The van der Waals surface area contributed by atoms with Gasteiger partial charge in [-0.3, -0.25) is 15.2 Å². The van der Waals surface area contributed by atoms with E-state index in [-0.39, 0.29) is 24.2 Å². The summed E-state index contributed by atoms with van der Waals surface area (Å²) in [5, 5.41) is 7.22. The Labute approximate surface area is 116 Å². The monoisotopic (exact) mass is 275 g/mol. The van der Waals surface area contributed by atoms with E-state index in [4.69, 9.17) is 11.1 Å². The maximum Gasteiger partial charge on any atom is 0.331 e. The summed E-state index contributed by atoms with van der Waals surface area (Å²) in [6.07, 6.45) is 3.70. The van der Waals surface area contributed by atoms with Gasteiger partial charge in [-0.05, 0) is 18.6 Å². The second-order valence-electron chi connectivity index (χ2n) is 4.69. The summed E-state index contributed by atoms with van der Waals surface area (Å²) in [4.78, 5) is 31.1. The van der Waals surface area contributed by atoms with Crippen molar-refractivity contribution in [2.45, 2.75) is 19.8 Å². The van der Waals surface area contributed by atoms with Gasteiger partial charge in [0.25, 0.3) is 0 Å². The van der Waals surface area contributed by atoms with Crippen molar-refractivity contribution in [3.8, 4) is 0 Å². The van der Waals surface area contributed by atoms with E-state index in [0.29, 0.717) is 25.2 Å². The molecule has 106 valence electrons. The fourth-order valence-corrected chi connectivity index (χ4v) is 2.08. The number of nitrogens with zero attached hydrogens (tertiary/aromatic N) is 3. The Morgan fingerprint density at radius 1 is 1.50 bits per heavy atom. The predicted molar refractivity (Wildman–Crippen MR) is 74.6 cm³/mol. The molecule has 0 saturated carbocycles. The van der Waals surface area contributed by atoms with Crippen LogP contribution in [0.5, 0.6) is 0 Å². The molecule has 1 aromatic heterocycles. The molecule has 2 heterocycles. The molecule has 20 heavy (non-hydrogen) atoms. The van der Waals surface area contributed by atoms with Gasteiger partial charge >= 0.3 is 6.03 Å². The van der Waals surface area contributed by atoms with E-state index < -0.39 is 0 Å². The number of carbonyl (C=O) groups is 2. The number of aryl methyl sites for hydroxylation is 1. The number of carbonyl (C=O) groups excluding carboxylic acids is 2. The van der Waals surface area contributed by atoms with Gasteiger partial charge in [-0.2, -0.15) is 0 Å². The Bertz CT molecular complexity index is 557. The fraction of sp³-hybridized carbons (Fsp3) is 0.385. The van der Waals surface area contributed by atoms with Crippen LogP contribution in [-0.2, 0) is 4.79 Å². The number of rotatable bonds is 4. The van der Waals surface area contributed by atoms with E-state index in [1.807, 2.05) is 6.92 Å². The Morgan fingerprint density at radius 3 is 2.90 bits per heavy atom. The van der Waals surface area contributed by atoms with Gasteiger partial charge in [-0.15, -0.1) is 0 Å². The predicted octanol–water partition coefficient (Wildman–Crippen LogP) is 0.875. The first-order chi connectivity index (χ1) is 9.50. The Morgan fingerprint density at radius 2 is 2.25 bits per heavy atom. The van der Waals surface area contributed by atoms with Gasteiger partial charge in [0.05, 0.1) is 17.7 Å². The highest BCUT2D eigenvalue weighted by Gasteiger charge is 2.33. The van der Waals surface area contributed by atoms with Crippen LogP contribution in [0.25, 0.3) is 0 Å². The molecule has 1 fully saturated rings. The molecule has 0 radical (unpaired) electrons. The first-order valence-corrected chi connectivity index (χ1v) is 6.36. The van der Waals surface area contributed by atoms with Crippen LogP contribution in [0.15, 0.2) is 18.5 Å². The molecule has 7 heteroatoms. The number of imide groups is 1. The molecule has 1 aromatic rings. The molecule has 1 saturated heterocycles. The smallest absolute Gasteiger partial charge is 0.331 e. The van der Waals surface area contributed by atoms with Crippen molar-refractivity contribution in [1.82, 2.24) is 9.88 Å². The molecule has 1 aliphatic rings. The van der Waals surface area contributed by atoms with Gasteiger partial charge in [0.1, 0.15) is 0 Å². The molecule has 0 bridgehead atoms. The van der Waals surface area contributed by atoms with Crippen LogP contribution in [0.1, 0.15) is 18.4 Å². The molecule has 1 aliphatic heterocycles. The highest BCUT2D eigenvalue weighted by atomic mass is 16.2. The standard InChI is InChI=1S/C13H17N5O2/c1-9-2-5-16-8-10(9)18-12(19)4-7-17(13(18)20)6-3-11(14)15/h2,5,8H,3-4,6-7H2,1H3,(H3,14,15). The zero-order valence-corrected chi connectivity index (χ0v) is 11.3. The van der Waals surface area contributed by atoms with Crippen LogP contribution in [-0.4, -0.2) is 40.7 Å². The number of aromatic nitrogens is 1. The lowest BCUT2D eigenvalue weighted by Gasteiger charge is -2.34. The minimum atomic E-state index is -0.376. The summed E-state index contributed by atoms with van der Waals surface area (Å²) in [6.45, 7) is 2.53. The van der Waals surface area contributed by atoms with Crippen molar-refractivity contribution >= 4 is 23.5 Å².